The summed E-state index contributed by atoms with van der Waals surface area (Å²) in [5, 5.41) is 3.38. The van der Waals surface area contributed by atoms with Gasteiger partial charge in [-0.05, 0) is 91.0 Å². The molecular formula is C27H16BrClN2O4. The second kappa shape index (κ2) is 9.37. The van der Waals surface area contributed by atoms with E-state index in [1.807, 2.05) is 0 Å². The molecule has 0 saturated carbocycles. The van der Waals surface area contributed by atoms with Crippen LogP contribution in [-0.2, 0) is 0 Å². The van der Waals surface area contributed by atoms with Gasteiger partial charge in [0, 0.05) is 20.7 Å². The van der Waals surface area contributed by atoms with Crippen molar-refractivity contribution in [1.29, 1.82) is 0 Å². The Bertz CT molecular complexity index is 1450. The Morgan fingerprint density at radius 2 is 1.37 bits per heavy atom. The molecule has 8 heteroatoms. The maximum absolute atomic E-state index is 13.1. The molecule has 0 fully saturated rings. The molecule has 3 amide bonds. The first kappa shape index (κ1) is 22.8. The number of hydrogen-bond acceptors (Lipinski definition) is 4. The first-order valence-electron chi connectivity index (χ1n) is 10.5. The van der Waals surface area contributed by atoms with Crippen molar-refractivity contribution in [3.63, 3.8) is 0 Å². The molecule has 1 aliphatic heterocycles. The van der Waals surface area contributed by atoms with Gasteiger partial charge in [0.15, 0.2) is 0 Å². The smallest absolute Gasteiger partial charge is 0.266 e. The summed E-state index contributed by atoms with van der Waals surface area (Å²) in [5.41, 5.74) is 1.81. The van der Waals surface area contributed by atoms with Crippen molar-refractivity contribution < 1.29 is 19.1 Å². The van der Waals surface area contributed by atoms with Gasteiger partial charge < -0.3 is 10.1 Å². The summed E-state index contributed by atoms with van der Waals surface area (Å²) in [6, 6.07) is 25.1. The highest BCUT2D eigenvalue weighted by atomic mass is 79.9. The second-order valence-electron chi connectivity index (χ2n) is 7.72. The third-order valence-corrected chi connectivity index (χ3v) is 6.18. The number of ether oxygens (including phenoxy) is 1. The summed E-state index contributed by atoms with van der Waals surface area (Å²) >= 11 is 9.23. The lowest BCUT2D eigenvalue weighted by atomic mass is 10.1. The van der Waals surface area contributed by atoms with Gasteiger partial charge in [-0.1, -0.05) is 27.5 Å². The Kier molecular flexibility index (Phi) is 6.11. The number of hydrogen-bond donors (Lipinski definition) is 1. The van der Waals surface area contributed by atoms with Crippen molar-refractivity contribution in [1.82, 2.24) is 0 Å². The molecule has 0 bridgehead atoms. The van der Waals surface area contributed by atoms with Crippen LogP contribution in [0.25, 0.3) is 0 Å². The molecule has 4 aromatic rings. The number of fused-ring (bicyclic) bond motifs is 1. The molecule has 0 saturated heterocycles. The Labute approximate surface area is 214 Å². The van der Waals surface area contributed by atoms with Crippen LogP contribution >= 0.6 is 27.5 Å². The van der Waals surface area contributed by atoms with E-state index in [1.54, 1.807) is 84.9 Å². The van der Waals surface area contributed by atoms with Gasteiger partial charge in [0.1, 0.15) is 11.5 Å². The van der Waals surface area contributed by atoms with Crippen molar-refractivity contribution in [2.75, 3.05) is 10.2 Å². The Balaban J connectivity index is 1.33. The fourth-order valence-corrected chi connectivity index (χ4v) is 4.05. The summed E-state index contributed by atoms with van der Waals surface area (Å²) in [6.45, 7) is 0. The molecule has 6 nitrogen and oxygen atoms in total. The number of nitrogens with one attached hydrogen (secondary N) is 1. The number of halogens is 2. The Morgan fingerprint density at radius 3 is 2.03 bits per heavy atom. The average Bonchev–Trinajstić information content (AvgIpc) is 3.11. The van der Waals surface area contributed by atoms with Gasteiger partial charge in [0.05, 0.1) is 16.8 Å². The van der Waals surface area contributed by atoms with Gasteiger partial charge in [-0.15, -0.1) is 0 Å². The molecule has 1 aliphatic rings. The number of anilines is 2. The highest BCUT2D eigenvalue weighted by Crippen LogP contribution is 2.32. The van der Waals surface area contributed by atoms with Crippen molar-refractivity contribution in [2.24, 2.45) is 0 Å². The van der Waals surface area contributed by atoms with Gasteiger partial charge in [0.25, 0.3) is 17.7 Å². The number of nitrogens with zero attached hydrogens (tertiary/aromatic N) is 1. The fraction of sp³-hybridized carbons (Fsp3) is 0. The molecule has 35 heavy (non-hydrogen) atoms. The number of benzene rings is 4. The number of imide groups is 1. The number of amides is 3. The van der Waals surface area contributed by atoms with Crippen LogP contribution in [0.1, 0.15) is 31.1 Å². The van der Waals surface area contributed by atoms with Crippen molar-refractivity contribution in [2.45, 2.75) is 0 Å². The van der Waals surface area contributed by atoms with E-state index in [9.17, 15) is 14.4 Å². The van der Waals surface area contributed by atoms with Crippen LogP contribution in [0, 0.1) is 0 Å². The number of carbonyl (C=O) groups excluding carboxylic acids is 3. The largest absolute Gasteiger partial charge is 0.457 e. The highest BCUT2D eigenvalue weighted by Gasteiger charge is 2.37. The van der Waals surface area contributed by atoms with Crippen LogP contribution in [-0.4, -0.2) is 17.7 Å². The monoisotopic (exact) mass is 546 g/mol. The molecular weight excluding hydrogens is 532 g/mol. The molecule has 0 aromatic heterocycles. The molecule has 0 unspecified atom stereocenters. The maximum atomic E-state index is 13.1. The highest BCUT2D eigenvalue weighted by molar-refractivity contribution is 9.10. The van der Waals surface area contributed by atoms with Gasteiger partial charge >= 0.3 is 0 Å². The lowest BCUT2D eigenvalue weighted by Crippen LogP contribution is -2.29. The van der Waals surface area contributed by atoms with Gasteiger partial charge in [0.2, 0.25) is 0 Å². The van der Waals surface area contributed by atoms with Crippen molar-refractivity contribution in [3.8, 4) is 11.5 Å². The van der Waals surface area contributed by atoms with Crippen molar-refractivity contribution >= 4 is 56.6 Å². The lowest BCUT2D eigenvalue weighted by Gasteiger charge is -2.14. The van der Waals surface area contributed by atoms with Gasteiger partial charge in [-0.25, -0.2) is 4.90 Å². The first-order valence-corrected chi connectivity index (χ1v) is 11.7. The van der Waals surface area contributed by atoms with E-state index >= 15 is 0 Å². The third-order valence-electron chi connectivity index (χ3n) is 5.40. The average molecular weight is 548 g/mol. The zero-order valence-electron chi connectivity index (χ0n) is 18.0. The summed E-state index contributed by atoms with van der Waals surface area (Å²) < 4.78 is 6.63. The second-order valence-corrected chi connectivity index (χ2v) is 9.07. The van der Waals surface area contributed by atoms with Crippen LogP contribution in [0.3, 0.4) is 0 Å². The topological polar surface area (TPSA) is 75.7 Å². The molecule has 4 aromatic carbocycles. The number of rotatable bonds is 5. The van der Waals surface area contributed by atoms with E-state index in [0.717, 1.165) is 9.37 Å². The van der Waals surface area contributed by atoms with E-state index in [-0.39, 0.29) is 17.0 Å². The fourth-order valence-electron chi connectivity index (χ4n) is 3.66. The summed E-state index contributed by atoms with van der Waals surface area (Å²) in [7, 11) is 0. The molecule has 0 spiro atoms. The lowest BCUT2D eigenvalue weighted by molar-refractivity contribution is 0.0924. The van der Waals surface area contributed by atoms with E-state index in [1.165, 1.54) is 6.07 Å². The first-order chi connectivity index (χ1) is 16.9. The normalized spacial score (nSPS) is 12.5. The summed E-state index contributed by atoms with van der Waals surface area (Å²) in [5.74, 6) is -0.0492. The summed E-state index contributed by atoms with van der Waals surface area (Å²) in [6.07, 6.45) is 0. The SMILES string of the molecule is O=C(Nc1ccc2c(c1)C(=O)N(c1ccc(Oc3ccc(Cl)cc3)cc1)C2=O)c1ccc(Br)cc1. The Morgan fingerprint density at radius 1 is 0.771 bits per heavy atom. The predicted molar refractivity (Wildman–Crippen MR) is 138 cm³/mol. The van der Waals surface area contributed by atoms with Crippen LogP contribution < -0.4 is 15.0 Å². The molecule has 1 N–H and O–H groups in total. The van der Waals surface area contributed by atoms with Crippen LogP contribution in [0.2, 0.25) is 5.02 Å². The third kappa shape index (κ3) is 4.69. The maximum Gasteiger partial charge on any atom is 0.266 e. The van der Waals surface area contributed by atoms with Crippen LogP contribution in [0.15, 0.2) is 95.5 Å². The molecule has 5 rings (SSSR count). The van der Waals surface area contributed by atoms with E-state index < -0.39 is 11.8 Å². The van der Waals surface area contributed by atoms with E-state index in [4.69, 9.17) is 16.3 Å². The van der Waals surface area contributed by atoms with Crippen LogP contribution in [0.5, 0.6) is 11.5 Å². The zero-order valence-corrected chi connectivity index (χ0v) is 20.3. The Hall–Kier alpha value is -3.94. The number of carbonyl (C=O) groups is 3. The molecule has 0 atom stereocenters. The predicted octanol–water partition coefficient (Wildman–Crippen LogP) is 6.95. The van der Waals surface area contributed by atoms with Crippen molar-refractivity contribution in [3.05, 3.63) is 117 Å². The minimum absolute atomic E-state index is 0.227. The molecule has 1 heterocycles. The molecule has 172 valence electrons. The summed E-state index contributed by atoms with van der Waals surface area (Å²) in [4.78, 5) is 39.7. The van der Waals surface area contributed by atoms with E-state index in [2.05, 4.69) is 21.2 Å². The standard InChI is InChI=1S/C27H16BrClN2O4/c28-17-3-1-16(2-4-17)25(32)30-19-7-14-23-24(15-19)27(34)31(26(23)33)20-8-12-22(13-9-20)35-21-10-5-18(29)6-11-21/h1-15H,(H,30,32). The van der Waals surface area contributed by atoms with Gasteiger partial charge in [-0.3, -0.25) is 14.4 Å². The quantitative estimate of drug-likeness (QED) is 0.274. The molecule has 0 radical (unpaired) electrons. The zero-order chi connectivity index (χ0) is 24.5. The minimum Gasteiger partial charge on any atom is -0.457 e. The van der Waals surface area contributed by atoms with E-state index in [0.29, 0.717) is 33.5 Å². The van der Waals surface area contributed by atoms with Crippen LogP contribution in [0.4, 0.5) is 11.4 Å². The molecule has 0 aliphatic carbocycles. The van der Waals surface area contributed by atoms with Gasteiger partial charge in [-0.2, -0.15) is 0 Å². The minimum atomic E-state index is -0.462.